The third-order valence-corrected chi connectivity index (χ3v) is 5.08. The molecule has 2 aromatic rings. The van der Waals surface area contributed by atoms with Crippen LogP contribution >= 0.6 is 28.1 Å². The highest BCUT2D eigenvalue weighted by Crippen LogP contribution is 2.15. The number of hydrogen-bond donors (Lipinski definition) is 2. The number of nitrogens with zero attached hydrogens (tertiary/aromatic N) is 1. The van der Waals surface area contributed by atoms with Crippen LogP contribution in [0.4, 0.5) is 5.69 Å². The minimum absolute atomic E-state index is 0.231. The van der Waals surface area contributed by atoms with Gasteiger partial charge in [0.1, 0.15) is 0 Å². The van der Waals surface area contributed by atoms with Crippen LogP contribution < -0.4 is 10.6 Å². The third kappa shape index (κ3) is 5.62. The van der Waals surface area contributed by atoms with E-state index in [1.165, 1.54) is 37.9 Å². The monoisotopic (exact) mass is 431 g/mol. The zero-order valence-corrected chi connectivity index (χ0v) is 16.9. The van der Waals surface area contributed by atoms with Gasteiger partial charge in [0.2, 0.25) is 0 Å². The fraction of sp³-hybridized carbons (Fsp3) is 0.300. The number of nitrogens with one attached hydrogen (secondary N) is 2. The molecule has 0 aliphatic carbocycles. The number of likely N-dealkylation sites (tertiary alicyclic amines) is 1. The molecule has 136 valence electrons. The highest BCUT2D eigenvalue weighted by Gasteiger charge is 2.11. The Kier molecular flexibility index (Phi) is 6.77. The van der Waals surface area contributed by atoms with E-state index < -0.39 is 0 Å². The van der Waals surface area contributed by atoms with Crippen LogP contribution in [0.5, 0.6) is 0 Å². The summed E-state index contributed by atoms with van der Waals surface area (Å²) in [6.07, 6.45) is 3.94. The molecule has 1 saturated heterocycles. The van der Waals surface area contributed by atoms with Crippen LogP contribution in [0, 0.1) is 0 Å². The van der Waals surface area contributed by atoms with Gasteiger partial charge in [-0.1, -0.05) is 40.5 Å². The molecule has 2 aromatic carbocycles. The van der Waals surface area contributed by atoms with Crippen molar-refractivity contribution in [2.75, 3.05) is 18.4 Å². The van der Waals surface area contributed by atoms with E-state index in [0.717, 1.165) is 16.7 Å². The summed E-state index contributed by atoms with van der Waals surface area (Å²) in [5.74, 6) is -0.231. The maximum absolute atomic E-state index is 12.2. The summed E-state index contributed by atoms with van der Waals surface area (Å²) in [4.78, 5) is 14.7. The molecule has 1 aliphatic rings. The van der Waals surface area contributed by atoms with Crippen LogP contribution in [-0.4, -0.2) is 29.0 Å². The molecule has 2 N–H and O–H groups in total. The minimum atomic E-state index is -0.231. The summed E-state index contributed by atoms with van der Waals surface area (Å²) >= 11 is 8.61. The van der Waals surface area contributed by atoms with Crippen LogP contribution in [0.3, 0.4) is 0 Å². The van der Waals surface area contributed by atoms with Gasteiger partial charge in [-0.15, -0.1) is 0 Å². The summed E-state index contributed by atoms with van der Waals surface area (Å²) in [7, 11) is 0. The average molecular weight is 432 g/mol. The van der Waals surface area contributed by atoms with Crippen LogP contribution in [0.15, 0.2) is 53.0 Å². The van der Waals surface area contributed by atoms with Gasteiger partial charge >= 0.3 is 0 Å². The number of anilines is 1. The molecular formula is C20H22BrN3OS. The molecule has 0 saturated carbocycles. The molecule has 0 atom stereocenters. The van der Waals surface area contributed by atoms with E-state index in [0.29, 0.717) is 10.7 Å². The van der Waals surface area contributed by atoms with Gasteiger partial charge in [-0.25, -0.2) is 0 Å². The fourth-order valence-electron chi connectivity index (χ4n) is 3.04. The van der Waals surface area contributed by atoms with Gasteiger partial charge in [0.15, 0.2) is 5.11 Å². The van der Waals surface area contributed by atoms with Gasteiger partial charge in [-0.2, -0.15) is 0 Å². The maximum atomic E-state index is 12.2. The second-order valence-electron chi connectivity index (χ2n) is 6.45. The van der Waals surface area contributed by atoms with E-state index in [9.17, 15) is 4.79 Å². The molecule has 0 spiro atoms. The van der Waals surface area contributed by atoms with Gasteiger partial charge in [-0.3, -0.25) is 15.0 Å². The van der Waals surface area contributed by atoms with Crippen molar-refractivity contribution in [1.29, 1.82) is 0 Å². The third-order valence-electron chi connectivity index (χ3n) is 4.38. The first-order valence-corrected chi connectivity index (χ1v) is 9.99. The first-order valence-electron chi connectivity index (χ1n) is 8.79. The molecule has 26 heavy (non-hydrogen) atoms. The molecule has 1 aliphatic heterocycles. The molecule has 1 amide bonds. The van der Waals surface area contributed by atoms with Gasteiger partial charge < -0.3 is 5.32 Å². The molecule has 3 rings (SSSR count). The smallest absolute Gasteiger partial charge is 0.257 e. The highest BCUT2D eigenvalue weighted by molar-refractivity contribution is 9.10. The Hall–Kier alpha value is -1.76. The lowest BCUT2D eigenvalue weighted by Gasteiger charge is -2.26. The number of thiocarbonyl (C=S) groups is 1. The quantitative estimate of drug-likeness (QED) is 0.696. The second-order valence-corrected chi connectivity index (χ2v) is 7.78. The minimum Gasteiger partial charge on any atom is -0.332 e. The van der Waals surface area contributed by atoms with E-state index in [1.807, 2.05) is 24.3 Å². The topological polar surface area (TPSA) is 44.4 Å². The molecule has 0 aromatic heterocycles. The molecule has 0 radical (unpaired) electrons. The van der Waals surface area contributed by atoms with Gasteiger partial charge in [0, 0.05) is 22.3 Å². The lowest BCUT2D eigenvalue weighted by Crippen LogP contribution is -2.34. The fourth-order valence-corrected chi connectivity index (χ4v) is 3.65. The summed E-state index contributed by atoms with van der Waals surface area (Å²) in [6.45, 7) is 3.36. The number of halogens is 1. The summed E-state index contributed by atoms with van der Waals surface area (Å²) in [5, 5.41) is 6.06. The number of carbonyl (C=O) groups excluding carboxylic acids is 1. The first-order chi connectivity index (χ1) is 12.6. The Morgan fingerprint density at radius 3 is 2.50 bits per heavy atom. The van der Waals surface area contributed by atoms with Crippen molar-refractivity contribution < 1.29 is 4.79 Å². The summed E-state index contributed by atoms with van der Waals surface area (Å²) in [6, 6.07) is 15.4. The maximum Gasteiger partial charge on any atom is 0.257 e. The van der Waals surface area contributed by atoms with Gasteiger partial charge in [-0.05, 0) is 74.0 Å². The normalized spacial score (nSPS) is 14.7. The SMILES string of the molecule is O=C(NC(=S)Nc1ccc(CN2CCCCC2)cc1)c1cccc(Br)c1. The van der Waals surface area contributed by atoms with Crippen molar-refractivity contribution in [2.45, 2.75) is 25.8 Å². The lowest BCUT2D eigenvalue weighted by molar-refractivity contribution is 0.0977. The Balaban J connectivity index is 1.51. The first kappa shape index (κ1) is 19.0. The van der Waals surface area contributed by atoms with Gasteiger partial charge in [0.25, 0.3) is 5.91 Å². The Labute approximate surface area is 168 Å². The Morgan fingerprint density at radius 2 is 1.81 bits per heavy atom. The van der Waals surface area contributed by atoms with Crippen molar-refractivity contribution >= 4 is 44.9 Å². The van der Waals surface area contributed by atoms with E-state index >= 15 is 0 Å². The molecule has 6 heteroatoms. The van der Waals surface area contributed by atoms with E-state index in [2.05, 4.69) is 43.6 Å². The molecule has 1 heterocycles. The standard InChI is InChI=1S/C20H22BrN3OS/c21-17-6-4-5-16(13-17)19(25)23-20(26)22-18-9-7-15(8-10-18)14-24-11-2-1-3-12-24/h4-10,13H,1-3,11-12,14H2,(H2,22,23,25,26). The molecular weight excluding hydrogens is 410 g/mol. The van der Waals surface area contributed by atoms with Crippen LogP contribution in [0.2, 0.25) is 0 Å². The second kappa shape index (κ2) is 9.26. The highest BCUT2D eigenvalue weighted by atomic mass is 79.9. The van der Waals surface area contributed by atoms with E-state index in [1.54, 1.807) is 12.1 Å². The molecule has 0 unspecified atom stereocenters. The predicted molar refractivity (Wildman–Crippen MR) is 113 cm³/mol. The Morgan fingerprint density at radius 1 is 1.08 bits per heavy atom. The largest absolute Gasteiger partial charge is 0.332 e. The summed E-state index contributed by atoms with van der Waals surface area (Å²) in [5.41, 5.74) is 2.72. The molecule has 4 nitrogen and oxygen atoms in total. The lowest BCUT2D eigenvalue weighted by atomic mass is 10.1. The van der Waals surface area contributed by atoms with E-state index in [4.69, 9.17) is 12.2 Å². The summed E-state index contributed by atoms with van der Waals surface area (Å²) < 4.78 is 0.855. The number of hydrogen-bond acceptors (Lipinski definition) is 3. The average Bonchev–Trinajstić information content (AvgIpc) is 2.64. The van der Waals surface area contributed by atoms with Crippen LogP contribution in [0.25, 0.3) is 0 Å². The number of carbonyl (C=O) groups is 1. The molecule has 1 fully saturated rings. The zero-order chi connectivity index (χ0) is 18.4. The zero-order valence-electron chi connectivity index (χ0n) is 14.5. The van der Waals surface area contributed by atoms with Gasteiger partial charge in [0.05, 0.1) is 0 Å². The predicted octanol–water partition coefficient (Wildman–Crippen LogP) is 4.56. The van der Waals surface area contributed by atoms with Crippen molar-refractivity contribution in [3.05, 3.63) is 64.1 Å². The number of piperidine rings is 1. The Bertz CT molecular complexity index is 773. The number of benzene rings is 2. The van der Waals surface area contributed by atoms with Crippen molar-refractivity contribution in [3.8, 4) is 0 Å². The van der Waals surface area contributed by atoms with E-state index in [-0.39, 0.29) is 5.91 Å². The van der Waals surface area contributed by atoms with Crippen molar-refractivity contribution in [1.82, 2.24) is 10.2 Å². The van der Waals surface area contributed by atoms with Crippen LogP contribution in [0.1, 0.15) is 35.2 Å². The molecule has 0 bridgehead atoms. The van der Waals surface area contributed by atoms with Crippen molar-refractivity contribution in [2.24, 2.45) is 0 Å². The number of rotatable bonds is 4. The number of amides is 1. The van der Waals surface area contributed by atoms with Crippen molar-refractivity contribution in [3.63, 3.8) is 0 Å². The van der Waals surface area contributed by atoms with Crippen LogP contribution in [-0.2, 0) is 6.54 Å².